The van der Waals surface area contributed by atoms with Crippen molar-refractivity contribution in [3.8, 4) is 0 Å². The molecule has 3 atom stereocenters. The number of likely N-dealkylation sites (tertiary alicyclic amines) is 1. The first-order valence-electron chi connectivity index (χ1n) is 20.2. The summed E-state index contributed by atoms with van der Waals surface area (Å²) in [6.07, 6.45) is 8.67. The van der Waals surface area contributed by atoms with E-state index in [-0.39, 0.29) is 15.9 Å². The van der Waals surface area contributed by atoms with Gasteiger partial charge in [0.1, 0.15) is 11.6 Å². The Bertz CT molecular complexity index is 1490. The standard InChI is InChI=1S/C21H29N3O6.C20H34N2O3S2/c1-5-9-15(23-13-25)18(27)19(28)22-12-16(26)24-17(14-10-7-6-8-11-14)20(29)30-21(2,3)4;1-15(2)13-25-19(24)21-17(16-7-4-3-5-8-16)18(23)22-10-9-20(14-22)26-11-6-12-27-20/h6-8,10-11,13,15,17H,5,9,12H2,1-4H3,(H,22,28)(H,23,25)(H,24,26);15-17H,3-14H2,1-2H3,(H,21,24). The number of hydrogen-bond acceptors (Lipinski definition) is 11. The third-order valence-corrected chi connectivity index (χ3v) is 13.0. The molecule has 0 radical (unpaired) electrons. The molecule has 1 saturated carbocycles. The van der Waals surface area contributed by atoms with Crippen LogP contribution in [0.1, 0.15) is 111 Å². The highest BCUT2D eigenvalue weighted by molar-refractivity contribution is 8.18. The Morgan fingerprint density at radius 1 is 0.965 bits per heavy atom. The maximum absolute atomic E-state index is 13.4. The van der Waals surface area contributed by atoms with Gasteiger partial charge in [0.25, 0.3) is 5.91 Å². The summed E-state index contributed by atoms with van der Waals surface area (Å²) in [6.45, 7) is 12.5. The molecule has 16 heteroatoms. The molecule has 3 fully saturated rings. The van der Waals surface area contributed by atoms with Gasteiger partial charge in [0, 0.05) is 13.1 Å². The molecular weight excluding hydrogens is 771 g/mol. The summed E-state index contributed by atoms with van der Waals surface area (Å²) < 4.78 is 10.9. The molecule has 318 valence electrons. The zero-order chi connectivity index (χ0) is 42.0. The molecule has 57 heavy (non-hydrogen) atoms. The predicted molar refractivity (Wildman–Crippen MR) is 222 cm³/mol. The maximum Gasteiger partial charge on any atom is 0.407 e. The van der Waals surface area contributed by atoms with Gasteiger partial charge in [0.05, 0.1) is 23.3 Å². The van der Waals surface area contributed by atoms with E-state index in [1.807, 2.05) is 42.3 Å². The fourth-order valence-corrected chi connectivity index (χ4v) is 10.1. The highest BCUT2D eigenvalue weighted by Gasteiger charge is 2.45. The fraction of sp³-hybridized carbons (Fsp3) is 0.683. The van der Waals surface area contributed by atoms with E-state index in [1.165, 1.54) is 24.3 Å². The van der Waals surface area contributed by atoms with E-state index in [2.05, 4.69) is 21.3 Å². The molecule has 4 N–H and O–H groups in total. The highest BCUT2D eigenvalue weighted by atomic mass is 32.2. The van der Waals surface area contributed by atoms with Crippen molar-refractivity contribution >= 4 is 65.5 Å². The van der Waals surface area contributed by atoms with E-state index in [1.54, 1.807) is 58.0 Å². The van der Waals surface area contributed by atoms with Crippen molar-refractivity contribution in [2.45, 2.75) is 127 Å². The van der Waals surface area contributed by atoms with Gasteiger partial charge >= 0.3 is 12.1 Å². The van der Waals surface area contributed by atoms with Crippen molar-refractivity contribution in [2.24, 2.45) is 11.8 Å². The molecule has 2 saturated heterocycles. The number of Topliss-reactive ketones (excluding diaryl/α,β-unsaturated/α-hetero) is 1. The number of hydrogen-bond donors (Lipinski definition) is 4. The number of alkyl carbamates (subject to hydrolysis) is 1. The number of benzene rings is 1. The zero-order valence-electron chi connectivity index (χ0n) is 34.4. The normalized spacial score (nSPS) is 18.2. The lowest BCUT2D eigenvalue weighted by Crippen LogP contribution is -2.52. The first kappa shape index (κ1) is 47.6. The summed E-state index contributed by atoms with van der Waals surface area (Å²) in [5.74, 6) is -0.141. The van der Waals surface area contributed by atoms with Crippen LogP contribution in [0, 0.1) is 11.8 Å². The Morgan fingerprint density at radius 2 is 1.63 bits per heavy atom. The Kier molecular flexibility index (Phi) is 19.7. The van der Waals surface area contributed by atoms with Crippen LogP contribution in [0.25, 0.3) is 0 Å². The number of carbonyl (C=O) groups is 7. The molecule has 2 aliphatic heterocycles. The van der Waals surface area contributed by atoms with Gasteiger partial charge in [-0.1, -0.05) is 76.8 Å². The lowest BCUT2D eigenvalue weighted by molar-refractivity contribution is -0.158. The van der Waals surface area contributed by atoms with E-state index in [0.717, 1.165) is 45.2 Å². The number of thioether (sulfide) groups is 2. The fourth-order valence-electron chi connectivity index (χ4n) is 6.81. The number of esters is 1. The van der Waals surface area contributed by atoms with Gasteiger partial charge in [-0.05, 0) is 81.8 Å². The summed E-state index contributed by atoms with van der Waals surface area (Å²) in [5.41, 5.74) is -0.240. The molecule has 14 nitrogen and oxygen atoms in total. The van der Waals surface area contributed by atoms with Crippen molar-refractivity contribution in [2.75, 3.05) is 37.7 Å². The van der Waals surface area contributed by atoms with E-state index in [4.69, 9.17) is 9.47 Å². The molecule has 1 spiro atoms. The van der Waals surface area contributed by atoms with Gasteiger partial charge < -0.3 is 35.6 Å². The van der Waals surface area contributed by atoms with E-state index in [0.29, 0.717) is 37.3 Å². The first-order valence-corrected chi connectivity index (χ1v) is 22.1. The molecule has 3 aliphatic rings. The maximum atomic E-state index is 13.4. The minimum atomic E-state index is -1.07. The molecule has 3 unspecified atom stereocenters. The van der Waals surface area contributed by atoms with Crippen LogP contribution < -0.4 is 21.3 Å². The minimum absolute atomic E-state index is 0.104. The summed E-state index contributed by atoms with van der Waals surface area (Å²) in [6, 6.07) is 6.07. The quantitative estimate of drug-likeness (QED) is 0.101. The number of amides is 5. The van der Waals surface area contributed by atoms with Crippen LogP contribution in [-0.2, 0) is 38.2 Å². The van der Waals surface area contributed by atoms with Crippen LogP contribution in [0.3, 0.4) is 0 Å². The second-order valence-electron chi connectivity index (χ2n) is 16.1. The molecule has 1 aromatic rings. The number of nitrogens with zero attached hydrogens (tertiary/aromatic N) is 1. The first-order chi connectivity index (χ1) is 27.1. The van der Waals surface area contributed by atoms with Crippen molar-refractivity contribution < 1.29 is 43.0 Å². The summed E-state index contributed by atoms with van der Waals surface area (Å²) in [5, 5.41) is 9.97. The lowest BCUT2D eigenvalue weighted by Gasteiger charge is -2.34. The van der Waals surface area contributed by atoms with Crippen LogP contribution in [0.2, 0.25) is 0 Å². The molecule has 0 bridgehead atoms. The van der Waals surface area contributed by atoms with Crippen LogP contribution in [0.15, 0.2) is 30.3 Å². The van der Waals surface area contributed by atoms with Crippen LogP contribution >= 0.6 is 23.5 Å². The predicted octanol–water partition coefficient (Wildman–Crippen LogP) is 4.90. The minimum Gasteiger partial charge on any atom is -0.458 e. The summed E-state index contributed by atoms with van der Waals surface area (Å²) >= 11 is 4.05. The van der Waals surface area contributed by atoms with Crippen LogP contribution in [0.5, 0.6) is 0 Å². The van der Waals surface area contributed by atoms with Gasteiger partial charge in [-0.15, -0.1) is 23.5 Å². The second-order valence-corrected chi connectivity index (χ2v) is 19.3. The molecule has 5 amide bonds. The van der Waals surface area contributed by atoms with Crippen molar-refractivity contribution in [3.63, 3.8) is 0 Å². The zero-order valence-corrected chi connectivity index (χ0v) is 36.0. The number of ketones is 1. The monoisotopic (exact) mass is 833 g/mol. The van der Waals surface area contributed by atoms with Crippen molar-refractivity contribution in [3.05, 3.63) is 35.9 Å². The molecule has 0 aromatic heterocycles. The highest BCUT2D eigenvalue weighted by Crippen LogP contribution is 2.48. The summed E-state index contributed by atoms with van der Waals surface area (Å²) in [4.78, 5) is 87.3. The third kappa shape index (κ3) is 16.2. The summed E-state index contributed by atoms with van der Waals surface area (Å²) in [7, 11) is 0. The van der Waals surface area contributed by atoms with E-state index in [9.17, 15) is 33.6 Å². The molecule has 2 heterocycles. The smallest absolute Gasteiger partial charge is 0.407 e. The van der Waals surface area contributed by atoms with Crippen molar-refractivity contribution in [1.82, 2.24) is 26.2 Å². The van der Waals surface area contributed by atoms with Crippen LogP contribution in [-0.4, -0.2) is 106 Å². The SMILES string of the molecule is CC(C)COC(=O)NC(C(=O)N1CCC2(C1)SCCCS2)C1CCCCC1.CCCC(NC=O)C(=O)C(=O)NCC(=O)NC(C(=O)OC(C)(C)C)c1ccccc1. The molecular formula is C41H63N5O9S2. The van der Waals surface area contributed by atoms with E-state index >= 15 is 0 Å². The van der Waals surface area contributed by atoms with E-state index < -0.39 is 59.9 Å². The van der Waals surface area contributed by atoms with Gasteiger partial charge in [0.2, 0.25) is 24.0 Å². The van der Waals surface area contributed by atoms with Gasteiger partial charge in [-0.25, -0.2) is 9.59 Å². The average Bonchev–Trinajstić information content (AvgIpc) is 3.59. The topological polar surface area (TPSA) is 189 Å². The van der Waals surface area contributed by atoms with Gasteiger partial charge in [0.15, 0.2) is 6.04 Å². The lowest BCUT2D eigenvalue weighted by atomic mass is 9.83. The van der Waals surface area contributed by atoms with Crippen LogP contribution in [0.4, 0.5) is 4.79 Å². The van der Waals surface area contributed by atoms with Gasteiger partial charge in [-0.3, -0.25) is 24.0 Å². The Hall–Kier alpha value is -3.79. The molecule has 1 aromatic carbocycles. The average molecular weight is 834 g/mol. The largest absolute Gasteiger partial charge is 0.458 e. The number of nitrogens with one attached hydrogen (secondary N) is 4. The third-order valence-electron chi connectivity index (χ3n) is 9.61. The Morgan fingerprint density at radius 3 is 2.23 bits per heavy atom. The molecule has 4 rings (SSSR count). The second kappa shape index (κ2) is 23.6. The number of rotatable bonds is 16. The number of ether oxygens (including phenoxy) is 2. The Balaban J connectivity index is 0.000000306. The molecule has 1 aliphatic carbocycles. The number of carbonyl (C=O) groups excluding carboxylic acids is 7. The van der Waals surface area contributed by atoms with Crippen molar-refractivity contribution in [1.29, 1.82) is 0 Å². The Labute approximate surface area is 346 Å². The van der Waals surface area contributed by atoms with Gasteiger partial charge in [-0.2, -0.15) is 0 Å².